The van der Waals surface area contributed by atoms with Gasteiger partial charge in [-0.3, -0.25) is 8.78 Å². The van der Waals surface area contributed by atoms with Crippen molar-refractivity contribution in [2.45, 2.75) is 18.1 Å². The van der Waals surface area contributed by atoms with Crippen LogP contribution in [-0.2, 0) is 22.3 Å². The fourth-order valence-electron chi connectivity index (χ4n) is 1.64. The fraction of sp³-hybridized carbons (Fsp3) is 0.250. The first-order valence-corrected chi connectivity index (χ1v) is 7.73. The SMILES string of the molecule is O=[S@@](Cc1cccc(Br)c1)Cc1nccn1C(F)F. The summed E-state index contributed by atoms with van der Waals surface area (Å²) in [5.74, 6) is 0.475. The van der Waals surface area contributed by atoms with Gasteiger partial charge < -0.3 is 0 Å². The molecule has 0 aliphatic carbocycles. The molecule has 2 rings (SSSR count). The van der Waals surface area contributed by atoms with Crippen LogP contribution in [0.4, 0.5) is 8.78 Å². The van der Waals surface area contributed by atoms with Gasteiger partial charge in [-0.1, -0.05) is 28.1 Å². The summed E-state index contributed by atoms with van der Waals surface area (Å²) < 4.78 is 38.8. The second-order valence-corrected chi connectivity index (χ2v) is 6.26. The van der Waals surface area contributed by atoms with Crippen LogP contribution < -0.4 is 0 Å². The van der Waals surface area contributed by atoms with Gasteiger partial charge in [-0.2, -0.15) is 8.78 Å². The van der Waals surface area contributed by atoms with Crippen molar-refractivity contribution < 1.29 is 13.0 Å². The fourth-order valence-corrected chi connectivity index (χ4v) is 3.25. The molecule has 0 fully saturated rings. The molecule has 7 heteroatoms. The van der Waals surface area contributed by atoms with Crippen LogP contribution in [0.3, 0.4) is 0 Å². The number of rotatable bonds is 5. The third kappa shape index (κ3) is 3.94. The maximum Gasteiger partial charge on any atom is 0.319 e. The molecule has 0 saturated heterocycles. The van der Waals surface area contributed by atoms with Gasteiger partial charge in [0, 0.05) is 33.4 Å². The van der Waals surface area contributed by atoms with E-state index in [1.54, 1.807) is 0 Å². The molecule has 0 radical (unpaired) electrons. The van der Waals surface area contributed by atoms with Crippen molar-refractivity contribution in [1.82, 2.24) is 9.55 Å². The smallest absolute Gasteiger partial charge is 0.277 e. The number of benzene rings is 1. The highest BCUT2D eigenvalue weighted by Gasteiger charge is 2.14. The molecule has 0 bridgehead atoms. The molecule has 1 aromatic carbocycles. The van der Waals surface area contributed by atoms with E-state index >= 15 is 0 Å². The lowest BCUT2D eigenvalue weighted by Gasteiger charge is -2.06. The lowest BCUT2D eigenvalue weighted by Crippen LogP contribution is -2.08. The average molecular weight is 349 g/mol. The van der Waals surface area contributed by atoms with Crippen molar-refractivity contribution in [3.05, 3.63) is 52.5 Å². The second kappa shape index (κ2) is 6.38. The Hall–Kier alpha value is -1.08. The van der Waals surface area contributed by atoms with E-state index in [4.69, 9.17) is 0 Å². The standard InChI is InChI=1S/C12H11BrF2N2OS/c13-10-3-1-2-9(6-10)7-19(18)8-11-16-4-5-17(11)12(14)15/h1-6,12H,7-8H2/t19-/m0/s1. The monoisotopic (exact) mass is 348 g/mol. The van der Waals surface area contributed by atoms with Crippen molar-refractivity contribution >= 4 is 26.7 Å². The summed E-state index contributed by atoms with van der Waals surface area (Å²) in [5.41, 5.74) is 0.892. The van der Waals surface area contributed by atoms with E-state index in [9.17, 15) is 13.0 Å². The second-order valence-electron chi connectivity index (χ2n) is 3.89. The van der Waals surface area contributed by atoms with Gasteiger partial charge in [0.15, 0.2) is 0 Å². The van der Waals surface area contributed by atoms with Gasteiger partial charge in [-0.25, -0.2) is 4.98 Å². The van der Waals surface area contributed by atoms with Crippen molar-refractivity contribution in [3.63, 3.8) is 0 Å². The zero-order valence-corrected chi connectivity index (χ0v) is 12.2. The largest absolute Gasteiger partial charge is 0.319 e. The van der Waals surface area contributed by atoms with Crippen molar-refractivity contribution in [3.8, 4) is 0 Å². The Kier molecular flexibility index (Phi) is 4.81. The highest BCUT2D eigenvalue weighted by molar-refractivity contribution is 9.10. The van der Waals surface area contributed by atoms with E-state index in [2.05, 4.69) is 20.9 Å². The minimum absolute atomic E-state index is 0.0177. The number of nitrogens with zero attached hydrogens (tertiary/aromatic N) is 2. The molecule has 1 aromatic heterocycles. The molecule has 1 heterocycles. The minimum Gasteiger partial charge on any atom is -0.277 e. The maximum atomic E-state index is 12.6. The van der Waals surface area contributed by atoms with Crippen LogP contribution in [0.1, 0.15) is 17.9 Å². The van der Waals surface area contributed by atoms with Crippen molar-refractivity contribution in [1.29, 1.82) is 0 Å². The van der Waals surface area contributed by atoms with Gasteiger partial charge in [0.2, 0.25) is 0 Å². The predicted octanol–water partition coefficient (Wildman–Crippen LogP) is 3.49. The van der Waals surface area contributed by atoms with E-state index < -0.39 is 17.3 Å². The van der Waals surface area contributed by atoms with E-state index in [0.29, 0.717) is 5.75 Å². The topological polar surface area (TPSA) is 34.9 Å². The van der Waals surface area contributed by atoms with E-state index in [0.717, 1.165) is 14.6 Å². The molecule has 0 N–H and O–H groups in total. The summed E-state index contributed by atoms with van der Waals surface area (Å²) in [4.78, 5) is 3.82. The van der Waals surface area contributed by atoms with Gasteiger partial charge in [0.25, 0.3) is 0 Å². The lowest BCUT2D eigenvalue weighted by atomic mass is 10.2. The Morgan fingerprint density at radius 1 is 1.37 bits per heavy atom. The molecule has 0 amide bonds. The predicted molar refractivity (Wildman–Crippen MR) is 73.2 cm³/mol. The van der Waals surface area contributed by atoms with E-state index in [1.807, 2.05) is 24.3 Å². The van der Waals surface area contributed by atoms with Crippen LogP contribution in [0.25, 0.3) is 0 Å². The quantitative estimate of drug-likeness (QED) is 0.828. The molecule has 1 atom stereocenters. The average Bonchev–Trinajstić information content (AvgIpc) is 2.76. The van der Waals surface area contributed by atoms with Gasteiger partial charge in [-0.15, -0.1) is 0 Å². The number of imidazole rings is 1. The minimum atomic E-state index is -2.65. The first-order valence-electron chi connectivity index (χ1n) is 5.45. The summed E-state index contributed by atoms with van der Waals surface area (Å²) in [6, 6.07) is 7.42. The number of hydrogen-bond acceptors (Lipinski definition) is 2. The Morgan fingerprint density at radius 3 is 2.84 bits per heavy atom. The highest BCUT2D eigenvalue weighted by Crippen LogP contribution is 2.16. The van der Waals surface area contributed by atoms with E-state index in [1.165, 1.54) is 12.4 Å². The van der Waals surface area contributed by atoms with Crippen LogP contribution in [0.2, 0.25) is 0 Å². The Labute approximate surface area is 120 Å². The summed E-state index contributed by atoms with van der Waals surface area (Å²) in [6.45, 7) is -2.65. The molecular formula is C12H11BrF2N2OS. The van der Waals surface area contributed by atoms with Gasteiger partial charge in [0.05, 0.1) is 5.75 Å². The van der Waals surface area contributed by atoms with Crippen molar-refractivity contribution in [2.75, 3.05) is 0 Å². The Morgan fingerprint density at radius 2 is 2.16 bits per heavy atom. The number of hydrogen-bond donors (Lipinski definition) is 0. The summed E-state index contributed by atoms with van der Waals surface area (Å²) >= 11 is 3.33. The third-order valence-corrected chi connectivity index (χ3v) is 4.19. The summed E-state index contributed by atoms with van der Waals surface area (Å²) in [6.07, 6.45) is 2.48. The highest BCUT2D eigenvalue weighted by atomic mass is 79.9. The number of alkyl halides is 2. The molecule has 2 aromatic rings. The molecule has 102 valence electrons. The first kappa shape index (κ1) is 14.3. The first-order chi connectivity index (χ1) is 9.06. The Balaban J connectivity index is 2.03. The van der Waals surface area contributed by atoms with Crippen LogP contribution in [0.5, 0.6) is 0 Å². The Bertz CT molecular complexity index is 589. The summed E-state index contributed by atoms with van der Waals surface area (Å²) in [7, 11) is -1.27. The molecular weight excluding hydrogens is 338 g/mol. The maximum absolute atomic E-state index is 12.6. The van der Waals surface area contributed by atoms with Gasteiger partial charge >= 0.3 is 6.55 Å². The molecule has 0 unspecified atom stereocenters. The van der Waals surface area contributed by atoms with Crippen LogP contribution >= 0.6 is 15.9 Å². The van der Waals surface area contributed by atoms with Crippen LogP contribution in [-0.4, -0.2) is 13.8 Å². The number of aromatic nitrogens is 2. The third-order valence-electron chi connectivity index (χ3n) is 2.47. The van der Waals surface area contributed by atoms with E-state index in [-0.39, 0.29) is 11.6 Å². The lowest BCUT2D eigenvalue weighted by molar-refractivity contribution is 0.0677. The van der Waals surface area contributed by atoms with Crippen molar-refractivity contribution in [2.24, 2.45) is 0 Å². The zero-order chi connectivity index (χ0) is 13.8. The molecule has 0 aliphatic heterocycles. The van der Waals surface area contributed by atoms with Gasteiger partial charge in [0.1, 0.15) is 5.82 Å². The summed E-state index contributed by atoms with van der Waals surface area (Å²) in [5, 5.41) is 0. The molecule has 0 aliphatic rings. The molecule has 0 saturated carbocycles. The number of halogens is 3. The van der Waals surface area contributed by atoms with Crippen LogP contribution in [0.15, 0.2) is 41.1 Å². The molecule has 3 nitrogen and oxygen atoms in total. The molecule has 19 heavy (non-hydrogen) atoms. The zero-order valence-electron chi connectivity index (χ0n) is 9.80. The molecule has 0 spiro atoms. The van der Waals surface area contributed by atoms with Crippen LogP contribution in [0, 0.1) is 0 Å². The van der Waals surface area contributed by atoms with Gasteiger partial charge in [-0.05, 0) is 17.7 Å². The normalized spacial score (nSPS) is 12.8.